The van der Waals surface area contributed by atoms with Crippen molar-refractivity contribution < 1.29 is 4.74 Å². The molecule has 0 aromatic rings. The van der Waals surface area contributed by atoms with Crippen molar-refractivity contribution in [3.8, 4) is 0 Å². The van der Waals surface area contributed by atoms with E-state index < -0.39 is 0 Å². The topological polar surface area (TPSA) is 47.3 Å². The van der Waals surface area contributed by atoms with Crippen LogP contribution >= 0.6 is 0 Å². The number of rotatable bonds is 10. The third-order valence-corrected chi connectivity index (χ3v) is 2.54. The van der Waals surface area contributed by atoms with Crippen molar-refractivity contribution in [2.24, 2.45) is 17.6 Å². The maximum absolute atomic E-state index is 5.67. The first-order valence-corrected chi connectivity index (χ1v) is 5.81. The molecule has 0 saturated carbocycles. The molecular formula is C12H26N2O. The van der Waals surface area contributed by atoms with Gasteiger partial charge in [-0.05, 0) is 31.3 Å². The molecule has 3 nitrogen and oxygen atoms in total. The maximum Gasteiger partial charge on any atom is 0.0591 e. The third kappa shape index (κ3) is 8.60. The molecule has 0 aromatic carbocycles. The van der Waals surface area contributed by atoms with E-state index >= 15 is 0 Å². The van der Waals surface area contributed by atoms with Crippen LogP contribution in [0.4, 0.5) is 0 Å². The monoisotopic (exact) mass is 214 g/mol. The van der Waals surface area contributed by atoms with Crippen LogP contribution in [0.15, 0.2) is 12.7 Å². The van der Waals surface area contributed by atoms with E-state index in [0.717, 1.165) is 39.3 Å². The molecule has 0 aromatic heterocycles. The molecule has 0 fully saturated rings. The highest BCUT2D eigenvalue weighted by Crippen LogP contribution is 2.06. The minimum absolute atomic E-state index is 0.568. The molecule has 1 atom stereocenters. The minimum atomic E-state index is 0.568. The van der Waals surface area contributed by atoms with Gasteiger partial charge in [0.25, 0.3) is 0 Å². The molecule has 0 aliphatic heterocycles. The Hall–Kier alpha value is -0.380. The average molecular weight is 214 g/mol. The van der Waals surface area contributed by atoms with E-state index in [1.54, 1.807) is 0 Å². The fraction of sp³-hybridized carbons (Fsp3) is 0.833. The van der Waals surface area contributed by atoms with Crippen LogP contribution in [0.3, 0.4) is 0 Å². The molecule has 0 saturated heterocycles. The van der Waals surface area contributed by atoms with Gasteiger partial charge < -0.3 is 15.8 Å². The highest BCUT2D eigenvalue weighted by atomic mass is 16.5. The fourth-order valence-corrected chi connectivity index (χ4v) is 1.29. The van der Waals surface area contributed by atoms with Crippen molar-refractivity contribution in [3.63, 3.8) is 0 Å². The number of nitrogens with two attached hydrogens (primary N) is 1. The Bertz CT molecular complexity index is 149. The summed E-state index contributed by atoms with van der Waals surface area (Å²) >= 11 is 0. The highest BCUT2D eigenvalue weighted by molar-refractivity contribution is 4.67. The predicted octanol–water partition coefficient (Wildman–Crippen LogP) is 1.40. The summed E-state index contributed by atoms with van der Waals surface area (Å²) in [6.07, 6.45) is 2.80. The predicted molar refractivity (Wildman–Crippen MR) is 65.9 cm³/mol. The van der Waals surface area contributed by atoms with Crippen molar-refractivity contribution in [2.45, 2.75) is 20.3 Å². The standard InChI is InChI=1S/C12H26N2O/c1-4-5-7-15-8-6-14-10-12(9-13)11(2)3/h4,11-12,14H,1,5-10,13H2,2-3H3. The van der Waals surface area contributed by atoms with Gasteiger partial charge in [0.2, 0.25) is 0 Å². The van der Waals surface area contributed by atoms with Gasteiger partial charge in [0.15, 0.2) is 0 Å². The lowest BCUT2D eigenvalue weighted by atomic mass is 9.96. The SMILES string of the molecule is C=CCCOCCNCC(CN)C(C)C. The van der Waals surface area contributed by atoms with E-state index in [9.17, 15) is 0 Å². The zero-order chi connectivity index (χ0) is 11.5. The molecule has 3 heteroatoms. The maximum atomic E-state index is 5.67. The summed E-state index contributed by atoms with van der Waals surface area (Å²) in [7, 11) is 0. The normalized spacial score (nSPS) is 13.1. The van der Waals surface area contributed by atoms with Crippen LogP contribution < -0.4 is 11.1 Å². The Balaban J connectivity index is 3.25. The Morgan fingerprint density at radius 1 is 1.40 bits per heavy atom. The van der Waals surface area contributed by atoms with E-state index in [1.807, 2.05) is 6.08 Å². The van der Waals surface area contributed by atoms with Crippen LogP contribution in [0, 0.1) is 11.8 Å². The molecule has 0 aliphatic carbocycles. The first-order chi connectivity index (χ1) is 7.22. The van der Waals surface area contributed by atoms with Crippen molar-refractivity contribution in [2.75, 3.05) is 32.8 Å². The summed E-state index contributed by atoms with van der Waals surface area (Å²) in [6, 6.07) is 0. The van der Waals surface area contributed by atoms with E-state index in [2.05, 4.69) is 25.7 Å². The van der Waals surface area contributed by atoms with Crippen LogP contribution in [0.5, 0.6) is 0 Å². The lowest BCUT2D eigenvalue weighted by molar-refractivity contribution is 0.139. The molecule has 0 rings (SSSR count). The van der Waals surface area contributed by atoms with Gasteiger partial charge in [-0.1, -0.05) is 19.9 Å². The number of ether oxygens (including phenoxy) is 1. The van der Waals surface area contributed by atoms with Gasteiger partial charge in [-0.3, -0.25) is 0 Å². The average Bonchev–Trinajstić information content (AvgIpc) is 2.21. The van der Waals surface area contributed by atoms with Gasteiger partial charge in [-0.2, -0.15) is 0 Å². The second-order valence-corrected chi connectivity index (χ2v) is 4.13. The molecule has 1 unspecified atom stereocenters. The Morgan fingerprint density at radius 2 is 2.13 bits per heavy atom. The Labute approximate surface area is 94.1 Å². The molecule has 90 valence electrons. The minimum Gasteiger partial charge on any atom is -0.380 e. The molecule has 0 spiro atoms. The van der Waals surface area contributed by atoms with Crippen molar-refractivity contribution in [1.82, 2.24) is 5.32 Å². The summed E-state index contributed by atoms with van der Waals surface area (Å²) in [5.74, 6) is 1.21. The Kier molecular flexibility index (Phi) is 9.89. The lowest BCUT2D eigenvalue weighted by Crippen LogP contribution is -2.33. The zero-order valence-corrected chi connectivity index (χ0v) is 10.2. The van der Waals surface area contributed by atoms with Gasteiger partial charge in [0, 0.05) is 6.54 Å². The molecule has 0 aliphatic rings. The molecule has 3 N–H and O–H groups in total. The molecule has 0 bridgehead atoms. The van der Waals surface area contributed by atoms with E-state index in [4.69, 9.17) is 10.5 Å². The number of nitrogens with one attached hydrogen (secondary N) is 1. The smallest absolute Gasteiger partial charge is 0.0591 e. The van der Waals surface area contributed by atoms with Crippen LogP contribution in [0.1, 0.15) is 20.3 Å². The quantitative estimate of drug-likeness (QED) is 0.427. The first kappa shape index (κ1) is 14.6. The second-order valence-electron chi connectivity index (χ2n) is 4.13. The third-order valence-electron chi connectivity index (χ3n) is 2.54. The lowest BCUT2D eigenvalue weighted by Gasteiger charge is -2.19. The van der Waals surface area contributed by atoms with Crippen LogP contribution in [-0.2, 0) is 4.74 Å². The summed E-state index contributed by atoms with van der Waals surface area (Å²) in [5.41, 5.74) is 5.67. The van der Waals surface area contributed by atoms with Crippen molar-refractivity contribution in [3.05, 3.63) is 12.7 Å². The Morgan fingerprint density at radius 3 is 2.67 bits per heavy atom. The first-order valence-electron chi connectivity index (χ1n) is 5.81. The van der Waals surface area contributed by atoms with Crippen LogP contribution in [0.2, 0.25) is 0 Å². The van der Waals surface area contributed by atoms with E-state index in [0.29, 0.717) is 11.8 Å². The van der Waals surface area contributed by atoms with Crippen molar-refractivity contribution in [1.29, 1.82) is 0 Å². The highest BCUT2D eigenvalue weighted by Gasteiger charge is 2.09. The molecule has 0 amide bonds. The van der Waals surface area contributed by atoms with E-state index in [-0.39, 0.29) is 0 Å². The summed E-state index contributed by atoms with van der Waals surface area (Å²) in [6.45, 7) is 12.2. The second kappa shape index (κ2) is 10.1. The van der Waals surface area contributed by atoms with Gasteiger partial charge in [0.1, 0.15) is 0 Å². The number of hydrogen-bond acceptors (Lipinski definition) is 3. The van der Waals surface area contributed by atoms with Crippen LogP contribution in [0.25, 0.3) is 0 Å². The van der Waals surface area contributed by atoms with Crippen molar-refractivity contribution >= 4 is 0 Å². The molecule has 0 heterocycles. The largest absolute Gasteiger partial charge is 0.380 e. The van der Waals surface area contributed by atoms with Crippen LogP contribution in [-0.4, -0.2) is 32.8 Å². The van der Waals surface area contributed by atoms with E-state index in [1.165, 1.54) is 0 Å². The van der Waals surface area contributed by atoms with Gasteiger partial charge in [0.05, 0.1) is 13.2 Å². The molecule has 15 heavy (non-hydrogen) atoms. The molecular weight excluding hydrogens is 188 g/mol. The summed E-state index contributed by atoms with van der Waals surface area (Å²) < 4.78 is 5.38. The zero-order valence-electron chi connectivity index (χ0n) is 10.2. The number of hydrogen-bond donors (Lipinski definition) is 2. The van der Waals surface area contributed by atoms with Gasteiger partial charge in [-0.25, -0.2) is 0 Å². The summed E-state index contributed by atoms with van der Waals surface area (Å²) in [4.78, 5) is 0. The summed E-state index contributed by atoms with van der Waals surface area (Å²) in [5, 5.41) is 3.36. The van der Waals surface area contributed by atoms with Gasteiger partial charge >= 0.3 is 0 Å². The fourth-order valence-electron chi connectivity index (χ4n) is 1.29. The van der Waals surface area contributed by atoms with Gasteiger partial charge in [-0.15, -0.1) is 6.58 Å². The molecule has 0 radical (unpaired) electrons.